The van der Waals surface area contributed by atoms with Crippen LogP contribution in [0.1, 0.15) is 35.3 Å². The Balaban J connectivity index is 1.76. The molecule has 4 rings (SSSR count). The number of nitrogens with zero attached hydrogens (tertiary/aromatic N) is 1. The lowest BCUT2D eigenvalue weighted by Crippen LogP contribution is -2.33. The molecule has 142 valence electrons. The van der Waals surface area contributed by atoms with Crippen molar-refractivity contribution in [2.75, 3.05) is 0 Å². The molecule has 1 aliphatic heterocycles. The highest BCUT2D eigenvalue weighted by molar-refractivity contribution is 9.10. The number of rotatable bonds is 3. The molecule has 0 aromatic heterocycles. The van der Waals surface area contributed by atoms with Crippen LogP contribution in [0, 0.1) is 5.82 Å². The summed E-state index contributed by atoms with van der Waals surface area (Å²) in [6.07, 6.45) is 0.243. The molecule has 0 unspecified atom stereocenters. The molecule has 0 radical (unpaired) electrons. The van der Waals surface area contributed by atoms with Crippen molar-refractivity contribution in [1.82, 2.24) is 5.32 Å². The number of phenols is 1. The normalized spacial score (nSPS) is 19.3. The van der Waals surface area contributed by atoms with Crippen molar-refractivity contribution in [3.05, 3.63) is 98.7 Å². The highest BCUT2D eigenvalue weighted by Crippen LogP contribution is 2.36. The number of hydrogen-bond acceptors (Lipinski definition) is 3. The van der Waals surface area contributed by atoms with E-state index >= 15 is 0 Å². The Labute approximate surface area is 176 Å². The molecule has 1 aliphatic rings. The number of halogens is 3. The Kier molecular flexibility index (Phi) is 5.49. The molecular formula is C22H17BrClFN2O. The van der Waals surface area contributed by atoms with E-state index in [4.69, 9.17) is 16.6 Å². The molecule has 2 atom stereocenters. The number of hydrogen-bond donors (Lipinski definition) is 2. The molecule has 0 spiro atoms. The van der Waals surface area contributed by atoms with Gasteiger partial charge in [0.25, 0.3) is 0 Å². The molecule has 28 heavy (non-hydrogen) atoms. The number of benzene rings is 3. The van der Waals surface area contributed by atoms with Crippen molar-refractivity contribution < 1.29 is 9.50 Å². The van der Waals surface area contributed by atoms with E-state index in [1.165, 1.54) is 12.1 Å². The molecule has 0 amide bonds. The summed E-state index contributed by atoms with van der Waals surface area (Å²) in [5, 5.41) is 14.5. The maximum atomic E-state index is 13.4. The highest BCUT2D eigenvalue weighted by Gasteiger charge is 2.27. The van der Waals surface area contributed by atoms with Gasteiger partial charge in [-0.2, -0.15) is 0 Å². The summed E-state index contributed by atoms with van der Waals surface area (Å²) >= 11 is 9.50. The first kappa shape index (κ1) is 19.1. The van der Waals surface area contributed by atoms with Crippen LogP contribution in [0.5, 0.6) is 5.75 Å². The molecule has 1 heterocycles. The highest BCUT2D eigenvalue weighted by atomic mass is 79.9. The fraction of sp³-hybridized carbons (Fsp3) is 0.136. The van der Waals surface area contributed by atoms with E-state index in [2.05, 4.69) is 21.2 Å². The van der Waals surface area contributed by atoms with Crippen LogP contribution < -0.4 is 5.32 Å². The van der Waals surface area contributed by atoms with Crippen molar-refractivity contribution in [2.45, 2.75) is 18.6 Å². The predicted molar refractivity (Wildman–Crippen MR) is 113 cm³/mol. The molecule has 0 saturated carbocycles. The summed E-state index contributed by atoms with van der Waals surface area (Å²) in [4.78, 5) is 4.86. The van der Waals surface area contributed by atoms with Crippen molar-refractivity contribution >= 4 is 33.2 Å². The number of nitrogens with one attached hydrogen (secondary N) is 1. The smallest absolute Gasteiger partial charge is 0.126 e. The minimum Gasteiger partial charge on any atom is -0.508 e. The zero-order chi connectivity index (χ0) is 19.7. The predicted octanol–water partition coefficient (Wildman–Crippen LogP) is 6.17. The van der Waals surface area contributed by atoms with E-state index < -0.39 is 0 Å². The van der Waals surface area contributed by atoms with Crippen LogP contribution in [0.4, 0.5) is 4.39 Å². The topological polar surface area (TPSA) is 44.6 Å². The quantitative estimate of drug-likeness (QED) is 0.492. The first-order valence-electron chi connectivity index (χ1n) is 8.82. The van der Waals surface area contributed by atoms with Crippen LogP contribution >= 0.6 is 27.5 Å². The van der Waals surface area contributed by atoms with Crippen LogP contribution in [-0.2, 0) is 0 Å². The van der Waals surface area contributed by atoms with Crippen molar-refractivity contribution in [3.63, 3.8) is 0 Å². The van der Waals surface area contributed by atoms with E-state index in [-0.39, 0.29) is 23.8 Å². The summed E-state index contributed by atoms with van der Waals surface area (Å²) in [5.41, 5.74) is 3.50. The first-order valence-corrected chi connectivity index (χ1v) is 9.99. The third-order valence-electron chi connectivity index (χ3n) is 4.77. The van der Waals surface area contributed by atoms with Gasteiger partial charge in [-0.25, -0.2) is 4.39 Å². The Bertz CT molecular complexity index is 1020. The van der Waals surface area contributed by atoms with Crippen molar-refractivity contribution in [3.8, 4) is 5.75 Å². The largest absolute Gasteiger partial charge is 0.508 e. The minimum absolute atomic E-state index is 0.157. The van der Waals surface area contributed by atoms with E-state index in [1.54, 1.807) is 24.3 Å². The minimum atomic E-state index is -0.358. The van der Waals surface area contributed by atoms with E-state index in [9.17, 15) is 9.50 Å². The van der Waals surface area contributed by atoms with Crippen LogP contribution in [0.25, 0.3) is 0 Å². The molecule has 0 bridgehead atoms. The van der Waals surface area contributed by atoms with Crippen LogP contribution in [0.2, 0.25) is 5.02 Å². The second-order valence-electron chi connectivity index (χ2n) is 6.66. The lowest BCUT2D eigenvalue weighted by molar-refractivity contribution is 0.412. The third kappa shape index (κ3) is 4.12. The zero-order valence-corrected chi connectivity index (χ0v) is 17.1. The molecule has 0 aliphatic carbocycles. The molecule has 6 heteroatoms. The molecule has 3 aromatic carbocycles. The number of phenolic OH excluding ortho intramolecular Hbond substituents is 1. The Morgan fingerprint density at radius 3 is 2.46 bits per heavy atom. The summed E-state index contributed by atoms with van der Waals surface area (Å²) in [6, 6.07) is 19.0. The Morgan fingerprint density at radius 1 is 1.04 bits per heavy atom. The van der Waals surface area contributed by atoms with E-state index in [1.807, 2.05) is 30.3 Å². The fourth-order valence-electron chi connectivity index (χ4n) is 3.34. The van der Waals surface area contributed by atoms with Gasteiger partial charge in [0, 0.05) is 33.2 Å². The van der Waals surface area contributed by atoms with Gasteiger partial charge in [0.1, 0.15) is 17.7 Å². The zero-order valence-electron chi connectivity index (χ0n) is 14.7. The second-order valence-corrected chi connectivity index (χ2v) is 8.02. The lowest BCUT2D eigenvalue weighted by Gasteiger charge is -2.31. The van der Waals surface area contributed by atoms with Gasteiger partial charge in [0.15, 0.2) is 0 Å². The fourth-order valence-corrected chi connectivity index (χ4v) is 3.85. The van der Waals surface area contributed by atoms with Gasteiger partial charge in [-0.15, -0.1) is 0 Å². The third-order valence-corrected chi connectivity index (χ3v) is 5.51. The molecule has 3 aromatic rings. The van der Waals surface area contributed by atoms with Gasteiger partial charge in [0.2, 0.25) is 0 Å². The standard InChI is InChI=1S/C22H17BrClFN2O/c23-15-5-10-21(28)18(11-15)20-12-19(13-1-6-16(24)7-2-13)26-22(27-20)14-3-8-17(25)9-4-14/h1-11,20,22,27-28H,12H2/t20-,22-/m1/s1. The summed E-state index contributed by atoms with van der Waals surface area (Å²) in [7, 11) is 0. The van der Waals surface area contributed by atoms with Crippen molar-refractivity contribution in [1.29, 1.82) is 0 Å². The van der Waals surface area contributed by atoms with Gasteiger partial charge < -0.3 is 5.11 Å². The Morgan fingerprint density at radius 2 is 1.75 bits per heavy atom. The van der Waals surface area contributed by atoms with Gasteiger partial charge in [-0.05, 0) is 53.6 Å². The van der Waals surface area contributed by atoms with Crippen LogP contribution in [0.15, 0.2) is 76.2 Å². The average molecular weight is 460 g/mol. The van der Waals surface area contributed by atoms with Crippen LogP contribution in [-0.4, -0.2) is 10.8 Å². The second kappa shape index (κ2) is 8.03. The van der Waals surface area contributed by atoms with E-state index in [0.717, 1.165) is 26.9 Å². The summed E-state index contributed by atoms with van der Waals surface area (Å²) < 4.78 is 14.3. The summed E-state index contributed by atoms with van der Waals surface area (Å²) in [6.45, 7) is 0. The maximum absolute atomic E-state index is 13.4. The Hall–Kier alpha value is -2.21. The summed E-state index contributed by atoms with van der Waals surface area (Å²) in [5.74, 6) is -0.0708. The lowest BCUT2D eigenvalue weighted by atomic mass is 9.93. The molecule has 0 fully saturated rings. The maximum Gasteiger partial charge on any atom is 0.126 e. The number of aliphatic imine (C=N–C) groups is 1. The van der Waals surface area contributed by atoms with Gasteiger partial charge >= 0.3 is 0 Å². The number of aromatic hydroxyl groups is 1. The first-order chi connectivity index (χ1) is 13.5. The monoisotopic (exact) mass is 458 g/mol. The molecular weight excluding hydrogens is 443 g/mol. The van der Waals surface area contributed by atoms with Gasteiger partial charge in [0.05, 0.1) is 0 Å². The van der Waals surface area contributed by atoms with Crippen molar-refractivity contribution in [2.24, 2.45) is 4.99 Å². The molecule has 2 N–H and O–H groups in total. The van der Waals surface area contributed by atoms with Crippen LogP contribution in [0.3, 0.4) is 0 Å². The van der Waals surface area contributed by atoms with Gasteiger partial charge in [-0.1, -0.05) is 51.8 Å². The van der Waals surface area contributed by atoms with E-state index in [0.29, 0.717) is 11.4 Å². The SMILES string of the molecule is Oc1ccc(Br)cc1[C@H]1CC(c2ccc(Cl)cc2)=N[C@@H](c2ccc(F)cc2)N1. The van der Waals surface area contributed by atoms with Gasteiger partial charge in [-0.3, -0.25) is 10.3 Å². The molecule has 3 nitrogen and oxygen atoms in total. The molecule has 0 saturated heterocycles. The average Bonchev–Trinajstić information content (AvgIpc) is 2.70.